The van der Waals surface area contributed by atoms with Crippen LogP contribution in [0.15, 0.2) is 59.3 Å². The van der Waals surface area contributed by atoms with Crippen LogP contribution >= 0.6 is 0 Å². The number of benzene rings is 1. The fourth-order valence-electron chi connectivity index (χ4n) is 4.44. The first kappa shape index (κ1) is 31.0. The number of nitrogens with zero attached hydrogens (tertiary/aromatic N) is 5. The van der Waals surface area contributed by atoms with Crippen LogP contribution in [0.5, 0.6) is 5.88 Å². The second kappa shape index (κ2) is 13.0. The summed E-state index contributed by atoms with van der Waals surface area (Å²) in [6.45, 7) is 5.78. The lowest BCUT2D eigenvalue weighted by Gasteiger charge is -2.24. The first-order chi connectivity index (χ1) is 21.5. The maximum Gasteiger partial charge on any atom is 0.414 e. The summed E-state index contributed by atoms with van der Waals surface area (Å²) in [7, 11) is 4.79. The van der Waals surface area contributed by atoms with Crippen molar-refractivity contribution in [3.8, 4) is 17.3 Å². The van der Waals surface area contributed by atoms with E-state index >= 15 is 0 Å². The molecule has 0 unspecified atom stereocenters. The molecular formula is C32H35N7O6. The first-order valence-corrected chi connectivity index (χ1v) is 14.3. The third-order valence-electron chi connectivity index (χ3n) is 6.65. The molecule has 5 aromatic rings. The SMILES string of the molecule is CNc1ncc(-c2nc3cc(N(C)C(=O)OC(C)(C)C)ccc3o2)c2cc(Nc3cccc(OCCCC(=O)OC)n3)ncc12. The van der Waals surface area contributed by atoms with Gasteiger partial charge in [0.15, 0.2) is 5.58 Å². The van der Waals surface area contributed by atoms with E-state index in [9.17, 15) is 9.59 Å². The standard InChI is InChI=1S/C32H35N7O6/c1-32(2,3)45-31(41)39(5)19-12-13-24-23(15-19)36-30(44-24)22-18-35-29(33-4)21-17-34-26(16-20(21)22)37-25-9-7-10-27(38-25)43-14-8-11-28(40)42-6/h7,9-10,12-13,15-18H,8,11,14H2,1-6H3,(H,33,35)(H,34,37,38). The van der Waals surface area contributed by atoms with Gasteiger partial charge in [-0.2, -0.15) is 4.98 Å². The number of oxazole rings is 1. The molecule has 0 aliphatic carbocycles. The van der Waals surface area contributed by atoms with E-state index in [1.165, 1.54) is 12.0 Å². The number of esters is 1. The van der Waals surface area contributed by atoms with Crippen molar-refractivity contribution in [2.24, 2.45) is 0 Å². The Labute approximate surface area is 259 Å². The zero-order valence-electron chi connectivity index (χ0n) is 26.0. The van der Waals surface area contributed by atoms with Gasteiger partial charge >= 0.3 is 12.1 Å². The number of fused-ring (bicyclic) bond motifs is 2. The molecule has 0 aliphatic heterocycles. The number of rotatable bonds is 10. The van der Waals surface area contributed by atoms with Crippen molar-refractivity contribution in [2.75, 3.05) is 43.3 Å². The fourth-order valence-corrected chi connectivity index (χ4v) is 4.44. The number of methoxy groups -OCH3 is 1. The van der Waals surface area contributed by atoms with Crippen molar-refractivity contribution in [1.29, 1.82) is 0 Å². The molecule has 0 fully saturated rings. The lowest BCUT2D eigenvalue weighted by molar-refractivity contribution is -0.140. The molecule has 0 atom stereocenters. The predicted octanol–water partition coefficient (Wildman–Crippen LogP) is 6.32. The molecule has 0 aliphatic rings. The average Bonchev–Trinajstić information content (AvgIpc) is 3.44. The molecule has 0 saturated carbocycles. The minimum atomic E-state index is -0.619. The van der Waals surface area contributed by atoms with E-state index in [2.05, 4.69) is 30.3 Å². The van der Waals surface area contributed by atoms with Gasteiger partial charge < -0.3 is 29.3 Å². The monoisotopic (exact) mass is 613 g/mol. The van der Waals surface area contributed by atoms with E-state index in [0.29, 0.717) is 64.6 Å². The molecule has 2 N–H and O–H groups in total. The number of hydrogen-bond acceptors (Lipinski definition) is 12. The third-order valence-corrected chi connectivity index (χ3v) is 6.65. The minimum Gasteiger partial charge on any atom is -0.478 e. The van der Waals surface area contributed by atoms with Gasteiger partial charge in [-0.1, -0.05) is 6.07 Å². The van der Waals surface area contributed by atoms with E-state index < -0.39 is 11.7 Å². The van der Waals surface area contributed by atoms with Gasteiger partial charge in [-0.15, -0.1) is 0 Å². The third kappa shape index (κ3) is 7.37. The number of anilines is 4. The van der Waals surface area contributed by atoms with Crippen molar-refractivity contribution in [3.63, 3.8) is 0 Å². The zero-order valence-corrected chi connectivity index (χ0v) is 26.0. The number of carbonyl (C=O) groups excluding carboxylic acids is 2. The number of pyridine rings is 3. The van der Waals surface area contributed by atoms with Crippen LogP contribution in [0, 0.1) is 0 Å². The Balaban J connectivity index is 1.42. The number of carbonyl (C=O) groups is 2. The molecule has 13 nitrogen and oxygen atoms in total. The van der Waals surface area contributed by atoms with Crippen LogP contribution in [0.1, 0.15) is 33.6 Å². The van der Waals surface area contributed by atoms with Gasteiger partial charge in [0, 0.05) is 55.4 Å². The van der Waals surface area contributed by atoms with E-state index in [4.69, 9.17) is 18.9 Å². The van der Waals surface area contributed by atoms with Crippen LogP contribution < -0.4 is 20.3 Å². The molecule has 0 bridgehead atoms. The predicted molar refractivity (Wildman–Crippen MR) is 171 cm³/mol. The van der Waals surface area contributed by atoms with Crippen LogP contribution in [0.4, 0.5) is 27.9 Å². The van der Waals surface area contributed by atoms with Gasteiger partial charge in [0.2, 0.25) is 11.8 Å². The van der Waals surface area contributed by atoms with Crippen LogP contribution in [0.25, 0.3) is 33.3 Å². The summed E-state index contributed by atoms with van der Waals surface area (Å²) >= 11 is 0. The summed E-state index contributed by atoms with van der Waals surface area (Å²) < 4.78 is 22.0. The van der Waals surface area contributed by atoms with Crippen molar-refractivity contribution in [3.05, 3.63) is 54.9 Å². The molecule has 4 heterocycles. The first-order valence-electron chi connectivity index (χ1n) is 14.3. The van der Waals surface area contributed by atoms with Crippen LogP contribution in [0.2, 0.25) is 0 Å². The van der Waals surface area contributed by atoms with E-state index in [1.807, 2.05) is 32.9 Å². The molecule has 0 spiro atoms. The second-order valence-electron chi connectivity index (χ2n) is 11.1. The molecule has 0 radical (unpaired) electrons. The smallest absolute Gasteiger partial charge is 0.414 e. The van der Waals surface area contributed by atoms with Gasteiger partial charge in [-0.3, -0.25) is 9.69 Å². The Morgan fingerprint density at radius 3 is 2.58 bits per heavy atom. The van der Waals surface area contributed by atoms with Crippen LogP contribution in [0.3, 0.4) is 0 Å². The van der Waals surface area contributed by atoms with Gasteiger partial charge in [0.05, 0.1) is 19.3 Å². The highest BCUT2D eigenvalue weighted by Gasteiger charge is 2.22. The number of ether oxygens (including phenoxy) is 3. The topological polar surface area (TPSA) is 154 Å². The lowest BCUT2D eigenvalue weighted by atomic mass is 10.1. The Kier molecular flexibility index (Phi) is 8.98. The molecule has 1 amide bonds. The Bertz CT molecular complexity index is 1850. The minimum absolute atomic E-state index is 0.269. The maximum absolute atomic E-state index is 12.6. The molecule has 4 aromatic heterocycles. The molecule has 5 rings (SSSR count). The summed E-state index contributed by atoms with van der Waals surface area (Å²) in [4.78, 5) is 43.7. The van der Waals surface area contributed by atoms with E-state index in [1.54, 1.807) is 56.8 Å². The Morgan fingerprint density at radius 1 is 1.00 bits per heavy atom. The molecule has 45 heavy (non-hydrogen) atoms. The quantitative estimate of drug-likeness (QED) is 0.134. The summed E-state index contributed by atoms with van der Waals surface area (Å²) in [6, 6.07) is 12.5. The van der Waals surface area contributed by atoms with Crippen molar-refractivity contribution < 1.29 is 28.2 Å². The Hall–Kier alpha value is -5.46. The van der Waals surface area contributed by atoms with Crippen LogP contribution in [-0.4, -0.2) is 65.4 Å². The molecule has 234 valence electrons. The highest BCUT2D eigenvalue weighted by molar-refractivity contribution is 6.02. The van der Waals surface area contributed by atoms with Crippen LogP contribution in [-0.2, 0) is 14.3 Å². The van der Waals surface area contributed by atoms with Crippen molar-refractivity contribution in [1.82, 2.24) is 19.9 Å². The summed E-state index contributed by atoms with van der Waals surface area (Å²) in [6.07, 6.45) is 3.72. The molecule has 0 saturated heterocycles. The van der Waals surface area contributed by atoms with Crippen molar-refractivity contribution in [2.45, 2.75) is 39.2 Å². The number of aromatic nitrogens is 4. The number of amides is 1. The van der Waals surface area contributed by atoms with E-state index in [-0.39, 0.29) is 12.4 Å². The average molecular weight is 614 g/mol. The molecule has 13 heteroatoms. The fraction of sp³-hybridized carbons (Fsp3) is 0.312. The zero-order chi connectivity index (χ0) is 32.1. The van der Waals surface area contributed by atoms with Gasteiger partial charge in [0.1, 0.15) is 28.6 Å². The van der Waals surface area contributed by atoms with E-state index in [0.717, 1.165) is 10.8 Å². The van der Waals surface area contributed by atoms with Gasteiger partial charge in [0.25, 0.3) is 0 Å². The van der Waals surface area contributed by atoms with Gasteiger partial charge in [-0.05, 0) is 57.5 Å². The normalized spacial score (nSPS) is 11.3. The lowest BCUT2D eigenvalue weighted by Crippen LogP contribution is -2.34. The highest BCUT2D eigenvalue weighted by atomic mass is 16.6. The van der Waals surface area contributed by atoms with Crippen molar-refractivity contribution >= 4 is 57.1 Å². The molecular weight excluding hydrogens is 578 g/mol. The summed E-state index contributed by atoms with van der Waals surface area (Å²) in [5, 5.41) is 7.89. The largest absolute Gasteiger partial charge is 0.478 e. The summed E-state index contributed by atoms with van der Waals surface area (Å²) in [5.41, 5.74) is 1.78. The Morgan fingerprint density at radius 2 is 1.82 bits per heavy atom. The number of nitrogens with one attached hydrogen (secondary N) is 2. The maximum atomic E-state index is 12.6. The highest BCUT2D eigenvalue weighted by Crippen LogP contribution is 2.35. The second-order valence-corrected chi connectivity index (χ2v) is 11.1. The number of hydrogen-bond donors (Lipinski definition) is 2. The van der Waals surface area contributed by atoms with Gasteiger partial charge in [-0.25, -0.2) is 19.7 Å². The summed E-state index contributed by atoms with van der Waals surface area (Å²) in [5.74, 6) is 2.19. The molecule has 1 aromatic carbocycles.